The van der Waals surface area contributed by atoms with E-state index in [1.807, 2.05) is 6.92 Å². The number of carbonyl (C=O) groups is 1. The fourth-order valence-electron chi connectivity index (χ4n) is 1.67. The molecule has 0 saturated carbocycles. The summed E-state index contributed by atoms with van der Waals surface area (Å²) in [4.78, 5) is 11.0. The van der Waals surface area contributed by atoms with Gasteiger partial charge in [0.05, 0.1) is 0 Å². The molecular formula is C9H14Cl2CoO. The molecule has 0 saturated heterocycles. The first-order chi connectivity index (χ1) is 5.91. The minimum absolute atomic E-state index is 0.204. The van der Waals surface area contributed by atoms with Gasteiger partial charge in [-0.1, -0.05) is 19.4 Å². The van der Waals surface area contributed by atoms with Crippen molar-refractivity contribution >= 4 is 26.1 Å². The maximum atomic E-state index is 11.0. The summed E-state index contributed by atoms with van der Waals surface area (Å²) in [6.07, 6.45) is 3.55. The monoisotopic (exact) mass is 267 g/mol. The molecule has 0 aromatic carbocycles. The zero-order valence-electron chi connectivity index (χ0n) is 7.99. The summed E-state index contributed by atoms with van der Waals surface area (Å²) < 4.78 is 0. The van der Waals surface area contributed by atoms with E-state index >= 15 is 0 Å². The Morgan fingerprint density at radius 2 is 1.85 bits per heavy atom. The minimum atomic E-state index is 0.204. The molecule has 0 radical (unpaired) electrons. The van der Waals surface area contributed by atoms with E-state index in [0.717, 1.165) is 6.42 Å². The van der Waals surface area contributed by atoms with Gasteiger partial charge in [0, 0.05) is 6.42 Å². The normalized spacial score (nSPS) is 20.4. The van der Waals surface area contributed by atoms with Gasteiger partial charge in [0.1, 0.15) is 0 Å². The quantitative estimate of drug-likeness (QED) is 0.654. The Labute approximate surface area is 94.3 Å². The second-order valence-corrected chi connectivity index (χ2v) is 5.74. The van der Waals surface area contributed by atoms with Gasteiger partial charge in [0.2, 0.25) is 0 Å². The van der Waals surface area contributed by atoms with Gasteiger partial charge >= 0.3 is 33.2 Å². The number of hydrogen-bond donors (Lipinski definition) is 0. The Morgan fingerprint density at radius 1 is 1.38 bits per heavy atom. The van der Waals surface area contributed by atoms with Crippen molar-refractivity contribution in [2.24, 2.45) is 5.41 Å². The van der Waals surface area contributed by atoms with Gasteiger partial charge in [0.25, 0.3) is 0 Å². The van der Waals surface area contributed by atoms with Crippen molar-refractivity contribution in [1.82, 2.24) is 0 Å². The molecule has 0 amide bonds. The van der Waals surface area contributed by atoms with Crippen LogP contribution in [0.5, 0.6) is 0 Å². The van der Waals surface area contributed by atoms with Crippen LogP contribution in [-0.2, 0) is 17.7 Å². The van der Waals surface area contributed by atoms with E-state index in [9.17, 15) is 4.79 Å². The van der Waals surface area contributed by atoms with E-state index in [0.29, 0.717) is 19.3 Å². The molecule has 13 heavy (non-hydrogen) atoms. The van der Waals surface area contributed by atoms with Gasteiger partial charge in [-0.3, -0.25) is 4.79 Å². The van der Waals surface area contributed by atoms with Crippen LogP contribution >= 0.6 is 20.3 Å². The molecule has 0 atom stereocenters. The first-order valence-electron chi connectivity index (χ1n) is 3.95. The summed E-state index contributed by atoms with van der Waals surface area (Å²) in [5.41, 5.74) is 1.43. The SMILES string of the molecule is CC1=CC(=O)CC(C)(C)C1.[Cl][Co][Cl]. The van der Waals surface area contributed by atoms with Crippen LogP contribution in [0, 0.1) is 5.41 Å². The zero-order valence-corrected chi connectivity index (χ0v) is 10.5. The molecule has 0 aliphatic heterocycles. The second-order valence-electron chi connectivity index (χ2n) is 4.02. The molecule has 1 rings (SSSR count). The molecule has 0 N–H and O–H groups in total. The van der Waals surface area contributed by atoms with Gasteiger partial charge in [-0.15, -0.1) is 0 Å². The topological polar surface area (TPSA) is 17.1 Å². The van der Waals surface area contributed by atoms with Gasteiger partial charge in [-0.25, -0.2) is 0 Å². The number of rotatable bonds is 0. The van der Waals surface area contributed by atoms with Crippen LogP contribution in [0.4, 0.5) is 0 Å². The molecule has 0 heterocycles. The van der Waals surface area contributed by atoms with Gasteiger partial charge in [-0.2, -0.15) is 0 Å². The number of hydrogen-bond acceptors (Lipinski definition) is 1. The van der Waals surface area contributed by atoms with Crippen molar-refractivity contribution in [3.05, 3.63) is 11.6 Å². The Morgan fingerprint density at radius 3 is 2.15 bits per heavy atom. The molecule has 0 aromatic rings. The van der Waals surface area contributed by atoms with Gasteiger partial charge < -0.3 is 0 Å². The fourth-order valence-corrected chi connectivity index (χ4v) is 1.67. The van der Waals surface area contributed by atoms with Crippen LogP contribution in [-0.4, -0.2) is 5.78 Å². The van der Waals surface area contributed by atoms with E-state index in [1.54, 1.807) is 6.08 Å². The molecule has 0 bridgehead atoms. The average Bonchev–Trinajstić information content (AvgIpc) is 1.81. The van der Waals surface area contributed by atoms with Crippen LogP contribution in [0.1, 0.15) is 33.6 Å². The molecule has 0 aromatic heterocycles. The Balaban J connectivity index is 0.000000424. The molecule has 1 nitrogen and oxygen atoms in total. The molecular weight excluding hydrogens is 254 g/mol. The molecule has 0 unspecified atom stereocenters. The van der Waals surface area contributed by atoms with Crippen molar-refractivity contribution in [2.45, 2.75) is 33.6 Å². The summed E-state index contributed by atoms with van der Waals surface area (Å²) in [7, 11) is 9.47. The Bertz CT molecular complexity index is 212. The Hall–Kier alpha value is 0.496. The summed E-state index contributed by atoms with van der Waals surface area (Å²) in [5.74, 6) is 0.286. The van der Waals surface area contributed by atoms with E-state index in [4.69, 9.17) is 20.3 Å². The summed E-state index contributed by atoms with van der Waals surface area (Å²) in [6, 6.07) is 0. The van der Waals surface area contributed by atoms with Gasteiger partial charge in [0.15, 0.2) is 5.78 Å². The zero-order chi connectivity index (χ0) is 10.5. The maximum absolute atomic E-state index is 11.0. The third-order valence-electron chi connectivity index (χ3n) is 1.82. The molecule has 1 aliphatic carbocycles. The van der Waals surface area contributed by atoms with E-state index in [1.165, 1.54) is 5.57 Å². The predicted molar refractivity (Wildman–Crippen MR) is 53.5 cm³/mol. The van der Waals surface area contributed by atoms with E-state index < -0.39 is 0 Å². The van der Waals surface area contributed by atoms with Crippen molar-refractivity contribution in [3.63, 3.8) is 0 Å². The first-order valence-corrected chi connectivity index (χ1v) is 6.81. The standard InChI is InChI=1S/C9H14O.2ClH.Co/c1-7-4-8(10)6-9(2,3)5-7;;;/h4H,5-6H2,1-3H3;2*1H;/q;;;+2/p-2. The summed E-state index contributed by atoms with van der Waals surface area (Å²) in [6.45, 7) is 6.31. The van der Waals surface area contributed by atoms with Crippen LogP contribution in [0.15, 0.2) is 11.6 Å². The molecule has 79 valence electrons. The number of ketones is 1. The fraction of sp³-hybridized carbons (Fsp3) is 0.667. The molecule has 0 fully saturated rings. The molecule has 4 heteroatoms. The average molecular weight is 268 g/mol. The van der Waals surface area contributed by atoms with Crippen molar-refractivity contribution in [2.75, 3.05) is 0 Å². The van der Waals surface area contributed by atoms with Gasteiger partial charge in [-0.05, 0) is 24.8 Å². The van der Waals surface area contributed by atoms with Crippen LogP contribution in [0.2, 0.25) is 0 Å². The van der Waals surface area contributed by atoms with Crippen molar-refractivity contribution < 1.29 is 17.7 Å². The third-order valence-corrected chi connectivity index (χ3v) is 1.82. The van der Waals surface area contributed by atoms with Crippen molar-refractivity contribution in [3.8, 4) is 0 Å². The van der Waals surface area contributed by atoms with E-state index in [-0.39, 0.29) is 11.2 Å². The predicted octanol–water partition coefficient (Wildman–Crippen LogP) is 3.70. The third kappa shape index (κ3) is 6.55. The number of halogens is 2. The summed E-state index contributed by atoms with van der Waals surface area (Å²) >= 11 is 0.382. The van der Waals surface area contributed by atoms with Crippen LogP contribution in [0.3, 0.4) is 0 Å². The van der Waals surface area contributed by atoms with Crippen molar-refractivity contribution in [1.29, 1.82) is 0 Å². The van der Waals surface area contributed by atoms with Crippen LogP contribution < -0.4 is 0 Å². The van der Waals surface area contributed by atoms with Crippen LogP contribution in [0.25, 0.3) is 0 Å². The molecule has 1 aliphatic rings. The first kappa shape index (κ1) is 13.5. The number of carbonyl (C=O) groups excluding carboxylic acids is 1. The van der Waals surface area contributed by atoms with E-state index in [2.05, 4.69) is 13.8 Å². The second kappa shape index (κ2) is 6.07. The Kier molecular flexibility index (Phi) is 6.30. The summed E-state index contributed by atoms with van der Waals surface area (Å²) in [5, 5.41) is 0. The number of allylic oxidation sites excluding steroid dienone is 2. The molecule has 0 spiro atoms.